The Labute approximate surface area is 386 Å². The van der Waals surface area contributed by atoms with Gasteiger partial charge in [0.15, 0.2) is 0 Å². The first kappa shape index (κ1) is 55.8. The summed E-state index contributed by atoms with van der Waals surface area (Å²) in [6, 6.07) is -3.27. The van der Waals surface area contributed by atoms with Gasteiger partial charge in [0, 0.05) is 26.3 Å². The Hall–Kier alpha value is -7.34. The number of phenols is 1. The largest absolute Gasteiger partial charge is 0.508 e. The molecule has 0 aliphatic carbocycles. The Balaban J connectivity index is 2.59. The van der Waals surface area contributed by atoms with Gasteiger partial charge in [0.1, 0.15) is 42.0 Å². The molecule has 1 aliphatic rings. The third-order valence-corrected chi connectivity index (χ3v) is 10.4. The highest BCUT2D eigenvalue weighted by Crippen LogP contribution is 2.15. The van der Waals surface area contributed by atoms with Crippen LogP contribution in [0, 0.1) is 11.8 Å². The van der Waals surface area contributed by atoms with Crippen LogP contribution >= 0.6 is 0 Å². The van der Waals surface area contributed by atoms with Gasteiger partial charge in [-0.1, -0.05) is 46.2 Å². The van der Waals surface area contributed by atoms with Crippen LogP contribution in [0.3, 0.4) is 0 Å². The fraction of sp³-hybridized carbons (Fsp3) is 0.571. The van der Waals surface area contributed by atoms with Crippen molar-refractivity contribution in [2.45, 2.75) is 115 Å². The molecular formula is C42H64N12O13. The summed E-state index contributed by atoms with van der Waals surface area (Å²) in [7, 11) is 1.17. The van der Waals surface area contributed by atoms with Crippen molar-refractivity contribution in [3.63, 3.8) is 0 Å². The van der Waals surface area contributed by atoms with Crippen LogP contribution in [0.5, 0.6) is 5.75 Å². The van der Waals surface area contributed by atoms with E-state index in [0.717, 1.165) is 4.90 Å². The van der Waals surface area contributed by atoms with Crippen molar-refractivity contribution in [2.75, 3.05) is 26.7 Å². The Morgan fingerprint density at radius 1 is 0.776 bits per heavy atom. The molecule has 1 aromatic carbocycles. The standard InChI is InChI=1S/C42H64N12O13/c1-6-22(4)36-41(66)50-25(11-13-30(43)56)38(63)52-29(17-31(44)57)39(64)51-26(42(67)54(5)20-35(61)49-27(15-21(2)3)37(62)47-18-32(45)58)12-14-33(59)46-19-34(60)48-28(40(65)53-36)16-23-7-9-24(55)10-8-23/h7-10,21-22,25-29,36,55H,6,11-20H2,1-5H3,(H2,43,56)(H2,44,57)(H2,45,58)(H,46,59)(H,47,62)(H,48,60)(H,49,61)(H,50,66)(H,51,64)(H,52,63)(H,53,65)/t22?,25-,26-,27-,28-,29-,36?/m0/s1. The van der Waals surface area contributed by atoms with E-state index in [1.54, 1.807) is 27.7 Å². The Kier molecular flexibility index (Phi) is 22.7. The van der Waals surface area contributed by atoms with Crippen LogP contribution in [-0.4, -0.2) is 144 Å². The van der Waals surface area contributed by atoms with E-state index >= 15 is 0 Å². The van der Waals surface area contributed by atoms with Gasteiger partial charge in [-0.05, 0) is 48.8 Å². The molecule has 1 fully saturated rings. The van der Waals surface area contributed by atoms with Crippen LogP contribution in [0.25, 0.3) is 0 Å². The molecule has 1 aromatic rings. The number of aromatic hydroxyl groups is 1. The second kappa shape index (κ2) is 27.2. The molecule has 25 nitrogen and oxygen atoms in total. The summed E-state index contributed by atoms with van der Waals surface area (Å²) in [5.74, 6) is -11.8. The molecule has 0 saturated carbocycles. The number of amides is 12. The average Bonchev–Trinajstić information content (AvgIpc) is 3.25. The molecule has 12 amide bonds. The normalized spacial score (nSPS) is 21.1. The Morgan fingerprint density at radius 2 is 1.39 bits per heavy atom. The molecule has 0 radical (unpaired) electrons. The quantitative estimate of drug-likeness (QED) is 0.0657. The zero-order valence-electron chi connectivity index (χ0n) is 38.2. The summed E-state index contributed by atoms with van der Waals surface area (Å²) in [6.07, 6.45) is -2.48. The zero-order chi connectivity index (χ0) is 50.5. The summed E-state index contributed by atoms with van der Waals surface area (Å²) in [6.45, 7) is 5.00. The molecule has 2 rings (SSSR count). The predicted molar refractivity (Wildman–Crippen MR) is 237 cm³/mol. The molecule has 67 heavy (non-hydrogen) atoms. The molecule has 25 heteroatoms. The minimum Gasteiger partial charge on any atom is -0.508 e. The van der Waals surface area contributed by atoms with E-state index in [0.29, 0.717) is 12.0 Å². The maximum absolute atomic E-state index is 14.0. The van der Waals surface area contributed by atoms with E-state index in [2.05, 4.69) is 42.5 Å². The summed E-state index contributed by atoms with van der Waals surface area (Å²) < 4.78 is 0. The number of nitrogens with zero attached hydrogens (tertiary/aromatic N) is 1. The number of carbonyl (C=O) groups excluding carboxylic acids is 12. The maximum atomic E-state index is 14.0. The van der Waals surface area contributed by atoms with E-state index in [9.17, 15) is 62.6 Å². The lowest BCUT2D eigenvalue weighted by molar-refractivity contribution is -0.140. The number of nitrogens with two attached hydrogens (primary N) is 3. The van der Waals surface area contributed by atoms with Crippen LogP contribution in [-0.2, 0) is 64.0 Å². The van der Waals surface area contributed by atoms with Crippen molar-refractivity contribution in [2.24, 2.45) is 29.0 Å². The van der Waals surface area contributed by atoms with Gasteiger partial charge < -0.3 is 69.7 Å². The summed E-state index contributed by atoms with van der Waals surface area (Å²) in [5, 5.41) is 29.3. The molecule has 1 heterocycles. The van der Waals surface area contributed by atoms with Gasteiger partial charge in [-0.2, -0.15) is 0 Å². The zero-order valence-corrected chi connectivity index (χ0v) is 38.2. The van der Waals surface area contributed by atoms with Crippen LogP contribution < -0.4 is 59.7 Å². The number of hydrogen-bond acceptors (Lipinski definition) is 13. The van der Waals surface area contributed by atoms with Crippen LogP contribution in [0.4, 0.5) is 0 Å². The molecular weight excluding hydrogens is 881 g/mol. The minimum atomic E-state index is -1.83. The van der Waals surface area contributed by atoms with E-state index < -0.39 is 165 Å². The van der Waals surface area contributed by atoms with Gasteiger partial charge in [0.05, 0.1) is 26.1 Å². The fourth-order valence-electron chi connectivity index (χ4n) is 6.65. The van der Waals surface area contributed by atoms with Gasteiger partial charge in [0.2, 0.25) is 70.9 Å². The van der Waals surface area contributed by atoms with Crippen molar-refractivity contribution in [1.29, 1.82) is 0 Å². The number of benzene rings is 1. The number of nitrogens with one attached hydrogen (secondary N) is 8. The predicted octanol–water partition coefficient (Wildman–Crippen LogP) is -4.95. The third-order valence-electron chi connectivity index (χ3n) is 10.4. The molecule has 1 saturated heterocycles. The monoisotopic (exact) mass is 944 g/mol. The molecule has 0 spiro atoms. The van der Waals surface area contributed by atoms with Gasteiger partial charge in [-0.3, -0.25) is 57.5 Å². The third kappa shape index (κ3) is 20.2. The number of hydrogen-bond donors (Lipinski definition) is 12. The number of rotatable bonds is 18. The maximum Gasteiger partial charge on any atom is 0.245 e. The summed E-state index contributed by atoms with van der Waals surface area (Å²) >= 11 is 0. The lowest BCUT2D eigenvalue weighted by Crippen LogP contribution is -2.61. The van der Waals surface area contributed by atoms with Gasteiger partial charge >= 0.3 is 0 Å². The van der Waals surface area contributed by atoms with Crippen molar-refractivity contribution >= 4 is 70.9 Å². The summed E-state index contributed by atoms with van der Waals surface area (Å²) in [4.78, 5) is 158. The van der Waals surface area contributed by atoms with E-state index in [1.807, 2.05) is 0 Å². The van der Waals surface area contributed by atoms with Crippen molar-refractivity contribution in [3.8, 4) is 5.75 Å². The second-order valence-corrected chi connectivity index (χ2v) is 16.7. The highest BCUT2D eigenvalue weighted by Gasteiger charge is 2.36. The van der Waals surface area contributed by atoms with Gasteiger partial charge in [-0.15, -0.1) is 0 Å². The summed E-state index contributed by atoms with van der Waals surface area (Å²) in [5.41, 5.74) is 16.4. The van der Waals surface area contributed by atoms with E-state index in [4.69, 9.17) is 17.2 Å². The molecule has 370 valence electrons. The Morgan fingerprint density at radius 3 is 1.97 bits per heavy atom. The van der Waals surface area contributed by atoms with Crippen molar-refractivity contribution in [3.05, 3.63) is 29.8 Å². The van der Waals surface area contributed by atoms with Gasteiger partial charge in [-0.25, -0.2) is 0 Å². The fourth-order valence-corrected chi connectivity index (χ4v) is 6.65. The van der Waals surface area contributed by atoms with Crippen LogP contribution in [0.1, 0.15) is 78.2 Å². The van der Waals surface area contributed by atoms with Crippen molar-refractivity contribution in [1.82, 2.24) is 47.4 Å². The SMILES string of the molecule is CCC(C)C1NC(=O)[C@H](Cc2ccc(O)cc2)NC(=O)CNC(=O)CC[C@@H](C(=O)N(C)CC(=O)N[C@@H](CC(C)C)C(=O)NCC(N)=O)NC(=O)[C@H](CC(N)=O)NC(=O)[C@H](CCC(N)=O)NC1=O. The van der Waals surface area contributed by atoms with E-state index in [-0.39, 0.29) is 24.5 Å². The lowest BCUT2D eigenvalue weighted by atomic mass is 9.96. The molecule has 0 aromatic heterocycles. The molecule has 1 aliphatic heterocycles. The first-order chi connectivity index (χ1) is 31.4. The molecule has 2 unspecified atom stereocenters. The molecule has 0 bridgehead atoms. The lowest BCUT2D eigenvalue weighted by Gasteiger charge is -2.29. The highest BCUT2D eigenvalue weighted by molar-refractivity contribution is 5.99. The number of primary amides is 3. The van der Waals surface area contributed by atoms with Crippen molar-refractivity contribution < 1.29 is 62.6 Å². The average molecular weight is 945 g/mol. The first-order valence-corrected chi connectivity index (χ1v) is 21.6. The molecule has 15 N–H and O–H groups in total. The van der Waals surface area contributed by atoms with Gasteiger partial charge in [0.25, 0.3) is 0 Å². The van der Waals surface area contributed by atoms with Crippen LogP contribution in [0.2, 0.25) is 0 Å². The first-order valence-electron chi connectivity index (χ1n) is 21.6. The smallest absolute Gasteiger partial charge is 0.245 e. The van der Waals surface area contributed by atoms with Crippen LogP contribution in [0.15, 0.2) is 24.3 Å². The number of carbonyl (C=O) groups is 12. The number of likely N-dealkylation sites (N-methyl/N-ethyl adjacent to an activating group) is 1. The minimum absolute atomic E-state index is 0.0722. The Bertz CT molecular complexity index is 2000. The van der Waals surface area contributed by atoms with E-state index in [1.165, 1.54) is 31.3 Å². The number of phenolic OH excluding ortho intramolecular Hbond substituents is 1. The second-order valence-electron chi connectivity index (χ2n) is 16.7. The highest BCUT2D eigenvalue weighted by atomic mass is 16.3. The topological polar surface area (TPSA) is 403 Å². The molecule has 7 atom stereocenters.